The molecule has 0 radical (unpaired) electrons. The number of anilines is 1. The van der Waals surface area contributed by atoms with Crippen molar-refractivity contribution >= 4 is 37.1 Å². The molecule has 0 bridgehead atoms. The van der Waals surface area contributed by atoms with Crippen molar-refractivity contribution in [3.05, 3.63) is 18.2 Å². The van der Waals surface area contributed by atoms with Gasteiger partial charge in [-0.3, -0.25) is 8.91 Å². The third-order valence-corrected chi connectivity index (χ3v) is 4.13. The molecule has 2 aromatic rings. The summed E-state index contributed by atoms with van der Waals surface area (Å²) in [5.41, 5.74) is 5.82. The van der Waals surface area contributed by atoms with Crippen LogP contribution in [0.2, 0.25) is 0 Å². The number of aryl methyl sites for hydroxylation is 1. The molecular weight excluding hydrogens is 384 g/mol. The molecule has 148 valence electrons. The molecule has 1 heterocycles. The van der Waals surface area contributed by atoms with Crippen molar-refractivity contribution in [3.8, 4) is 5.75 Å². The summed E-state index contributed by atoms with van der Waals surface area (Å²) in [6.07, 6.45) is 2.46. The monoisotopic (exact) mass is 408 g/mol. The molecule has 0 aliphatic heterocycles. The molecule has 3 N–H and O–H groups in total. The van der Waals surface area contributed by atoms with Crippen molar-refractivity contribution < 1.29 is 25.8 Å². The maximum Gasteiger partial charge on any atom is 0.264 e. The summed E-state index contributed by atoms with van der Waals surface area (Å²) < 4.78 is 58.4. The molecule has 1 aromatic heterocycles. The number of nitrogens with one attached hydrogen (secondary N) is 1. The van der Waals surface area contributed by atoms with Gasteiger partial charge in [0.1, 0.15) is 5.75 Å². The fraction of sp³-hybridized carbons (Fsp3) is 0.500. The normalized spacial score (nSPS) is 11.7. The van der Waals surface area contributed by atoms with E-state index in [0.717, 1.165) is 12.5 Å². The van der Waals surface area contributed by atoms with Crippen LogP contribution >= 0.6 is 0 Å². The average molecular weight is 409 g/mol. The van der Waals surface area contributed by atoms with Crippen molar-refractivity contribution in [2.24, 2.45) is 12.8 Å². The van der Waals surface area contributed by atoms with Crippen LogP contribution in [0.1, 0.15) is 6.42 Å². The highest BCUT2D eigenvalue weighted by Gasteiger charge is 2.12. The molecule has 0 fully saturated rings. The van der Waals surface area contributed by atoms with Crippen LogP contribution in [0.5, 0.6) is 5.75 Å². The summed E-state index contributed by atoms with van der Waals surface area (Å²) in [6, 6.07) is 5.15. The molecule has 0 atom stereocenters. The lowest BCUT2D eigenvalue weighted by atomic mass is 10.3. The van der Waals surface area contributed by atoms with Gasteiger partial charge in [0.15, 0.2) is 0 Å². The minimum absolute atomic E-state index is 0.0508. The van der Waals surface area contributed by atoms with Gasteiger partial charge in [-0.25, -0.2) is 13.4 Å². The standard InChI is InChI=1S/C13H19N3O6S2.CH5N/c1-16-12-9-10(21-7-4-8-22-24(3,19)20)5-6-11(12)14-13(16)15-23(2,17)18;1-2/h5-6,9H,4,7-8H2,1-3H3,(H,14,15);2H2,1H3. The van der Waals surface area contributed by atoms with Crippen LogP contribution in [-0.4, -0.2) is 59.2 Å². The Kier molecular flexibility index (Phi) is 7.81. The van der Waals surface area contributed by atoms with Crippen molar-refractivity contribution in [1.82, 2.24) is 9.55 Å². The number of sulfonamides is 1. The number of fused-ring (bicyclic) bond motifs is 1. The second-order valence-electron chi connectivity index (χ2n) is 5.25. The van der Waals surface area contributed by atoms with Crippen LogP contribution in [0, 0.1) is 0 Å². The van der Waals surface area contributed by atoms with Crippen molar-refractivity contribution in [2.75, 3.05) is 37.5 Å². The first-order valence-corrected chi connectivity index (χ1v) is 11.3. The van der Waals surface area contributed by atoms with E-state index >= 15 is 0 Å². The summed E-state index contributed by atoms with van der Waals surface area (Å²) in [5, 5.41) is 0. The second-order valence-corrected chi connectivity index (χ2v) is 8.64. The van der Waals surface area contributed by atoms with Gasteiger partial charge in [0, 0.05) is 19.5 Å². The number of benzene rings is 1. The fourth-order valence-electron chi connectivity index (χ4n) is 1.98. The Morgan fingerprint density at radius 1 is 1.15 bits per heavy atom. The number of nitrogens with two attached hydrogens (primary N) is 1. The summed E-state index contributed by atoms with van der Waals surface area (Å²) in [7, 11) is -3.67. The van der Waals surface area contributed by atoms with E-state index in [0.29, 0.717) is 23.2 Å². The van der Waals surface area contributed by atoms with Crippen LogP contribution in [0.3, 0.4) is 0 Å². The maximum atomic E-state index is 11.3. The van der Waals surface area contributed by atoms with Gasteiger partial charge in [-0.05, 0) is 19.2 Å². The lowest BCUT2D eigenvalue weighted by Gasteiger charge is -2.07. The van der Waals surface area contributed by atoms with E-state index in [4.69, 9.17) is 4.74 Å². The number of aromatic nitrogens is 2. The quantitative estimate of drug-likeness (QED) is 0.468. The Labute approximate surface area is 153 Å². The summed E-state index contributed by atoms with van der Waals surface area (Å²) in [4.78, 5) is 4.21. The highest BCUT2D eigenvalue weighted by molar-refractivity contribution is 7.92. The molecule has 0 unspecified atom stereocenters. The highest BCUT2D eigenvalue weighted by atomic mass is 32.2. The van der Waals surface area contributed by atoms with Crippen LogP contribution in [0.25, 0.3) is 11.0 Å². The Morgan fingerprint density at radius 2 is 1.81 bits per heavy atom. The van der Waals surface area contributed by atoms with E-state index in [9.17, 15) is 16.8 Å². The number of rotatable bonds is 8. The molecule has 0 saturated carbocycles. The largest absolute Gasteiger partial charge is 0.493 e. The summed E-state index contributed by atoms with van der Waals surface area (Å²) >= 11 is 0. The molecule has 0 aliphatic rings. The van der Waals surface area contributed by atoms with Crippen LogP contribution < -0.4 is 15.2 Å². The van der Waals surface area contributed by atoms with Gasteiger partial charge >= 0.3 is 0 Å². The van der Waals surface area contributed by atoms with Gasteiger partial charge in [0.2, 0.25) is 16.0 Å². The lowest BCUT2D eigenvalue weighted by molar-refractivity contribution is 0.252. The van der Waals surface area contributed by atoms with Crippen molar-refractivity contribution in [2.45, 2.75) is 6.42 Å². The van der Waals surface area contributed by atoms with Gasteiger partial charge in [0.25, 0.3) is 10.1 Å². The molecule has 26 heavy (non-hydrogen) atoms. The Bertz CT molecular complexity index is 938. The third-order valence-electron chi connectivity index (χ3n) is 2.98. The van der Waals surface area contributed by atoms with Crippen LogP contribution in [0.4, 0.5) is 5.95 Å². The molecule has 10 nitrogen and oxygen atoms in total. The zero-order valence-corrected chi connectivity index (χ0v) is 16.7. The van der Waals surface area contributed by atoms with E-state index in [2.05, 4.69) is 19.6 Å². The first kappa shape index (κ1) is 22.2. The predicted molar refractivity (Wildman–Crippen MR) is 100 cm³/mol. The summed E-state index contributed by atoms with van der Waals surface area (Å²) in [5.74, 6) is 0.780. The Hall–Kier alpha value is -1.89. The molecular formula is C14H24N4O6S2. The molecule has 0 saturated heterocycles. The molecule has 1 aromatic carbocycles. The van der Waals surface area contributed by atoms with E-state index in [1.807, 2.05) is 0 Å². The Morgan fingerprint density at radius 3 is 2.38 bits per heavy atom. The van der Waals surface area contributed by atoms with Gasteiger partial charge in [0.05, 0.1) is 36.8 Å². The topological polar surface area (TPSA) is 143 Å². The van der Waals surface area contributed by atoms with Crippen LogP contribution in [-0.2, 0) is 31.4 Å². The van der Waals surface area contributed by atoms with Crippen molar-refractivity contribution in [1.29, 1.82) is 0 Å². The summed E-state index contributed by atoms with van der Waals surface area (Å²) in [6.45, 7) is 0.336. The molecule has 2 rings (SSSR count). The number of nitrogens with zero attached hydrogens (tertiary/aromatic N) is 2. The molecule has 12 heteroatoms. The Balaban J connectivity index is 0.00000163. The highest BCUT2D eigenvalue weighted by Crippen LogP contribution is 2.23. The smallest absolute Gasteiger partial charge is 0.264 e. The maximum absolute atomic E-state index is 11.3. The minimum atomic E-state index is -3.44. The number of imidazole rings is 1. The fourth-order valence-corrected chi connectivity index (χ4v) is 2.91. The SMILES string of the molecule is CN.Cn1c(NS(C)(=O)=O)nc2ccc(OCCCOS(C)(=O)=O)cc21. The van der Waals surface area contributed by atoms with E-state index in [-0.39, 0.29) is 19.2 Å². The molecule has 0 aliphatic carbocycles. The first-order valence-electron chi connectivity index (χ1n) is 7.54. The van der Waals surface area contributed by atoms with Gasteiger partial charge < -0.3 is 15.0 Å². The van der Waals surface area contributed by atoms with Crippen molar-refractivity contribution in [3.63, 3.8) is 0 Å². The average Bonchev–Trinajstić information content (AvgIpc) is 2.82. The lowest BCUT2D eigenvalue weighted by Crippen LogP contribution is -2.13. The molecule has 0 amide bonds. The van der Waals surface area contributed by atoms with Gasteiger partial charge in [-0.2, -0.15) is 8.42 Å². The van der Waals surface area contributed by atoms with E-state index in [1.165, 1.54) is 7.05 Å². The zero-order chi connectivity index (χ0) is 20.0. The minimum Gasteiger partial charge on any atom is -0.493 e. The number of hydrogen-bond acceptors (Lipinski definition) is 8. The zero-order valence-electron chi connectivity index (χ0n) is 15.1. The van der Waals surface area contributed by atoms with E-state index in [1.54, 1.807) is 29.8 Å². The third kappa shape index (κ3) is 7.15. The van der Waals surface area contributed by atoms with Crippen LogP contribution in [0.15, 0.2) is 18.2 Å². The van der Waals surface area contributed by atoms with Gasteiger partial charge in [-0.1, -0.05) is 0 Å². The number of ether oxygens (including phenoxy) is 1. The number of hydrogen-bond donors (Lipinski definition) is 2. The second kappa shape index (κ2) is 9.16. The predicted octanol–water partition coefficient (Wildman–Crippen LogP) is 0.265. The van der Waals surface area contributed by atoms with E-state index < -0.39 is 20.1 Å². The molecule has 0 spiro atoms. The first-order chi connectivity index (χ1) is 12.1. The van der Waals surface area contributed by atoms with Gasteiger partial charge in [-0.15, -0.1) is 0 Å².